The number of fused-ring (bicyclic) bond motifs is 2. The SMILES string of the molecule is CCOc1ccc2oc(C)c(C(=O)Oc3ccc4c(c3)O/C(=C\c3c(F)cccc3Cl)C4=O)c2c1. The molecule has 0 N–H and O–H groups in total. The van der Waals surface area contributed by atoms with Crippen LogP contribution >= 0.6 is 11.6 Å². The van der Waals surface area contributed by atoms with Crippen LogP contribution in [0.5, 0.6) is 17.2 Å². The zero-order valence-corrected chi connectivity index (χ0v) is 19.4. The predicted octanol–water partition coefficient (Wildman–Crippen LogP) is 6.77. The average molecular weight is 493 g/mol. The number of allylic oxidation sites excluding steroid dienone is 1. The monoisotopic (exact) mass is 492 g/mol. The fraction of sp³-hybridized carbons (Fsp3) is 0.111. The van der Waals surface area contributed by atoms with Crippen LogP contribution < -0.4 is 14.2 Å². The number of hydrogen-bond acceptors (Lipinski definition) is 6. The van der Waals surface area contributed by atoms with Gasteiger partial charge in [-0.05, 0) is 62.4 Å². The van der Waals surface area contributed by atoms with E-state index in [1.807, 2.05) is 6.92 Å². The molecule has 0 saturated carbocycles. The standard InChI is InChI=1S/C27H18ClFO6/c1-3-32-15-8-10-22-19(11-15)25(14(2)33-22)27(31)34-16-7-9-17-23(12-16)35-24(26(17)30)13-18-20(28)5-4-6-21(18)29/h4-13H,3H2,1-2H3/b24-13-. The van der Waals surface area contributed by atoms with Crippen molar-refractivity contribution in [1.29, 1.82) is 0 Å². The maximum absolute atomic E-state index is 14.1. The van der Waals surface area contributed by atoms with Crippen LogP contribution in [0.2, 0.25) is 5.02 Å². The van der Waals surface area contributed by atoms with Crippen LogP contribution in [0.25, 0.3) is 17.0 Å². The van der Waals surface area contributed by atoms with Gasteiger partial charge in [-0.15, -0.1) is 0 Å². The molecule has 0 saturated heterocycles. The van der Waals surface area contributed by atoms with Gasteiger partial charge in [-0.1, -0.05) is 17.7 Å². The van der Waals surface area contributed by atoms with Crippen molar-refractivity contribution in [2.75, 3.05) is 6.61 Å². The second kappa shape index (κ2) is 8.92. The Morgan fingerprint density at radius 3 is 2.69 bits per heavy atom. The van der Waals surface area contributed by atoms with E-state index in [2.05, 4.69) is 0 Å². The van der Waals surface area contributed by atoms with Crippen LogP contribution in [0.1, 0.15) is 39.0 Å². The van der Waals surface area contributed by atoms with Gasteiger partial charge in [0.2, 0.25) is 5.78 Å². The number of halogens is 2. The highest BCUT2D eigenvalue weighted by molar-refractivity contribution is 6.32. The molecule has 3 aromatic carbocycles. The number of Topliss-reactive ketones (excluding diaryl/α,β-unsaturated/α-hetero) is 1. The van der Waals surface area contributed by atoms with Crippen LogP contribution in [0.3, 0.4) is 0 Å². The minimum absolute atomic E-state index is 0.0470. The Hall–Kier alpha value is -4.10. The fourth-order valence-corrected chi connectivity index (χ4v) is 4.10. The van der Waals surface area contributed by atoms with Crippen molar-refractivity contribution in [3.05, 3.63) is 93.6 Å². The van der Waals surface area contributed by atoms with Crippen molar-refractivity contribution in [2.24, 2.45) is 0 Å². The number of rotatable bonds is 5. The van der Waals surface area contributed by atoms with Gasteiger partial charge in [-0.2, -0.15) is 0 Å². The fourth-order valence-electron chi connectivity index (χ4n) is 3.88. The van der Waals surface area contributed by atoms with Gasteiger partial charge in [-0.3, -0.25) is 4.79 Å². The van der Waals surface area contributed by atoms with Crippen LogP contribution in [0.4, 0.5) is 4.39 Å². The zero-order chi connectivity index (χ0) is 24.7. The van der Waals surface area contributed by atoms with Gasteiger partial charge in [0.25, 0.3) is 0 Å². The molecule has 0 atom stereocenters. The molecule has 5 rings (SSSR count). The highest BCUT2D eigenvalue weighted by Crippen LogP contribution is 2.37. The second-order valence-corrected chi connectivity index (χ2v) is 8.15. The first-order chi connectivity index (χ1) is 16.9. The molecule has 1 aromatic heterocycles. The highest BCUT2D eigenvalue weighted by Gasteiger charge is 2.29. The number of esters is 1. The Balaban J connectivity index is 1.42. The van der Waals surface area contributed by atoms with E-state index in [4.69, 9.17) is 30.2 Å². The van der Waals surface area contributed by atoms with Gasteiger partial charge in [0.15, 0.2) is 5.76 Å². The summed E-state index contributed by atoms with van der Waals surface area (Å²) in [5.41, 5.74) is 1.11. The minimum Gasteiger partial charge on any atom is -0.494 e. The highest BCUT2D eigenvalue weighted by atomic mass is 35.5. The molecule has 8 heteroatoms. The Labute approximate surface area is 204 Å². The first-order valence-electron chi connectivity index (χ1n) is 10.8. The van der Waals surface area contributed by atoms with Crippen LogP contribution in [0, 0.1) is 12.7 Å². The summed E-state index contributed by atoms with van der Waals surface area (Å²) >= 11 is 6.06. The van der Waals surface area contributed by atoms with Crippen LogP contribution in [-0.4, -0.2) is 18.4 Å². The minimum atomic E-state index is -0.631. The largest absolute Gasteiger partial charge is 0.494 e. The molecule has 0 radical (unpaired) electrons. The van der Waals surface area contributed by atoms with Gasteiger partial charge in [0.1, 0.15) is 40.0 Å². The summed E-state index contributed by atoms with van der Waals surface area (Å²) in [5.74, 6) is -0.372. The lowest BCUT2D eigenvalue weighted by Crippen LogP contribution is -2.09. The van der Waals surface area contributed by atoms with E-state index in [0.717, 1.165) is 0 Å². The molecule has 35 heavy (non-hydrogen) atoms. The van der Waals surface area contributed by atoms with E-state index < -0.39 is 17.6 Å². The third-order valence-electron chi connectivity index (χ3n) is 5.48. The van der Waals surface area contributed by atoms with Crippen LogP contribution in [-0.2, 0) is 0 Å². The van der Waals surface area contributed by atoms with Crippen molar-refractivity contribution < 1.29 is 32.6 Å². The van der Waals surface area contributed by atoms with Gasteiger partial charge in [0, 0.05) is 17.0 Å². The molecule has 0 unspecified atom stereocenters. The molecule has 0 fully saturated rings. The number of ketones is 1. The van der Waals surface area contributed by atoms with E-state index in [0.29, 0.717) is 29.1 Å². The number of furan rings is 1. The summed E-state index contributed by atoms with van der Waals surface area (Å²) in [4.78, 5) is 25.8. The van der Waals surface area contributed by atoms with E-state index in [1.54, 1.807) is 25.1 Å². The summed E-state index contributed by atoms with van der Waals surface area (Å²) in [6, 6.07) is 13.8. The molecule has 0 amide bonds. The molecule has 1 aliphatic rings. The molecule has 0 aliphatic carbocycles. The average Bonchev–Trinajstić information content (AvgIpc) is 3.31. The topological polar surface area (TPSA) is 75.0 Å². The third-order valence-corrected chi connectivity index (χ3v) is 5.81. The summed E-state index contributed by atoms with van der Waals surface area (Å²) in [6.45, 7) is 4.02. The Bertz CT molecular complexity index is 1510. The summed E-state index contributed by atoms with van der Waals surface area (Å²) < 4.78 is 36.6. The van der Waals surface area contributed by atoms with Crippen molar-refractivity contribution in [3.63, 3.8) is 0 Å². The molecule has 0 bridgehead atoms. The molecule has 4 aromatic rings. The molecular formula is C27H18ClFO6. The van der Waals surface area contributed by atoms with E-state index >= 15 is 0 Å². The Morgan fingerprint density at radius 2 is 1.91 bits per heavy atom. The van der Waals surface area contributed by atoms with Gasteiger partial charge in [-0.25, -0.2) is 9.18 Å². The molecule has 1 aliphatic heterocycles. The van der Waals surface area contributed by atoms with Crippen molar-refractivity contribution in [3.8, 4) is 17.2 Å². The number of hydrogen-bond donors (Lipinski definition) is 0. The zero-order valence-electron chi connectivity index (χ0n) is 18.7. The van der Waals surface area contributed by atoms with Gasteiger partial charge >= 0.3 is 5.97 Å². The lowest BCUT2D eigenvalue weighted by molar-refractivity contribution is 0.0734. The van der Waals surface area contributed by atoms with Gasteiger partial charge in [0.05, 0.1) is 17.2 Å². The maximum atomic E-state index is 14.1. The van der Waals surface area contributed by atoms with Gasteiger partial charge < -0.3 is 18.6 Å². The molecule has 6 nitrogen and oxygen atoms in total. The van der Waals surface area contributed by atoms with E-state index in [-0.39, 0.29) is 39.0 Å². The number of ether oxygens (including phenoxy) is 3. The Kier molecular flexibility index (Phi) is 5.78. The normalized spacial score (nSPS) is 13.7. The second-order valence-electron chi connectivity index (χ2n) is 7.75. The summed E-state index contributed by atoms with van der Waals surface area (Å²) in [5, 5.41) is 0.715. The molecule has 2 heterocycles. The summed E-state index contributed by atoms with van der Waals surface area (Å²) in [7, 11) is 0. The number of aryl methyl sites for hydroxylation is 1. The van der Waals surface area contributed by atoms with Crippen molar-refractivity contribution in [2.45, 2.75) is 13.8 Å². The first-order valence-corrected chi connectivity index (χ1v) is 11.1. The number of benzene rings is 3. The van der Waals surface area contributed by atoms with Crippen molar-refractivity contribution >= 4 is 40.4 Å². The first kappa shape index (κ1) is 22.7. The Morgan fingerprint density at radius 1 is 1.11 bits per heavy atom. The molecule has 0 spiro atoms. The third kappa shape index (κ3) is 4.15. The van der Waals surface area contributed by atoms with Crippen molar-refractivity contribution in [1.82, 2.24) is 0 Å². The van der Waals surface area contributed by atoms with E-state index in [1.165, 1.54) is 42.5 Å². The molecular weight excluding hydrogens is 475 g/mol. The van der Waals surface area contributed by atoms with Crippen LogP contribution in [0.15, 0.2) is 64.8 Å². The smallest absolute Gasteiger partial charge is 0.347 e. The maximum Gasteiger partial charge on any atom is 0.347 e. The quantitative estimate of drug-likeness (QED) is 0.174. The number of carbonyl (C=O) groups is 2. The predicted molar refractivity (Wildman–Crippen MR) is 128 cm³/mol. The summed E-state index contributed by atoms with van der Waals surface area (Å²) in [6.07, 6.45) is 1.25. The lowest BCUT2D eigenvalue weighted by Gasteiger charge is -2.06. The van der Waals surface area contributed by atoms with E-state index in [9.17, 15) is 14.0 Å². The molecule has 176 valence electrons. The lowest BCUT2D eigenvalue weighted by atomic mass is 10.1. The number of carbonyl (C=O) groups excluding carboxylic acids is 2.